The summed E-state index contributed by atoms with van der Waals surface area (Å²) in [4.78, 5) is 30.7. The number of thiophene rings is 1. The van der Waals surface area contributed by atoms with Crippen LogP contribution in [0.5, 0.6) is 0 Å². The summed E-state index contributed by atoms with van der Waals surface area (Å²) in [6.07, 6.45) is 1.60. The van der Waals surface area contributed by atoms with Gasteiger partial charge >= 0.3 is 12.0 Å². The summed E-state index contributed by atoms with van der Waals surface area (Å²) in [5.74, 6) is -1.07. The molecule has 0 spiro atoms. The Labute approximate surface area is 141 Å². The molecule has 1 aromatic carbocycles. The van der Waals surface area contributed by atoms with E-state index in [2.05, 4.69) is 10.3 Å². The second kappa shape index (κ2) is 5.04. The third-order valence-electron chi connectivity index (χ3n) is 4.03. The zero-order valence-corrected chi connectivity index (χ0v) is 13.8. The number of carboxylic acid groups (broad SMARTS) is 1. The van der Waals surface area contributed by atoms with Crippen molar-refractivity contribution in [2.75, 3.05) is 10.2 Å². The topological polar surface area (TPSA) is 82.5 Å². The number of carbonyl (C=O) groups is 2. The number of carboxylic acids is 1. The molecule has 1 aliphatic heterocycles. The fraction of sp³-hybridized carbons (Fsp3) is 0.118. The van der Waals surface area contributed by atoms with Crippen molar-refractivity contribution in [2.45, 2.75) is 13.8 Å². The van der Waals surface area contributed by atoms with Gasteiger partial charge in [-0.2, -0.15) is 0 Å². The van der Waals surface area contributed by atoms with Crippen LogP contribution in [0.2, 0.25) is 0 Å². The Balaban J connectivity index is 2.01. The van der Waals surface area contributed by atoms with Crippen LogP contribution in [0.15, 0.2) is 30.5 Å². The van der Waals surface area contributed by atoms with Crippen molar-refractivity contribution >= 4 is 50.6 Å². The van der Waals surface area contributed by atoms with Crippen LogP contribution in [0.3, 0.4) is 0 Å². The number of pyridine rings is 1. The standard InChI is InChI=1S/C17H13N3O3S/c1-8-3-4-10(9(2)7-8)20-11-5-6-18-15-12(11)13(19-17(20)23)14(24-15)16(21)22/h3-7H,1-2H3,(H,19,23)(H,21,22). The molecule has 2 aromatic heterocycles. The molecule has 0 atom stereocenters. The number of benzene rings is 1. The Morgan fingerprint density at radius 1 is 1.25 bits per heavy atom. The maximum atomic E-state index is 12.7. The Kier molecular flexibility index (Phi) is 3.07. The van der Waals surface area contributed by atoms with Crippen molar-refractivity contribution in [1.82, 2.24) is 4.98 Å². The number of carbonyl (C=O) groups excluding carboxylic acids is 1. The molecule has 0 saturated heterocycles. The molecule has 4 rings (SSSR count). The Hall–Kier alpha value is -2.93. The zero-order valence-electron chi connectivity index (χ0n) is 13.0. The van der Waals surface area contributed by atoms with Crippen LogP contribution in [0.1, 0.15) is 20.8 Å². The van der Waals surface area contributed by atoms with Crippen LogP contribution < -0.4 is 10.2 Å². The van der Waals surface area contributed by atoms with E-state index >= 15 is 0 Å². The number of aryl methyl sites for hydroxylation is 2. The Bertz CT molecular complexity index is 1030. The second-order valence-corrected chi connectivity index (χ2v) is 6.68. The van der Waals surface area contributed by atoms with E-state index in [4.69, 9.17) is 0 Å². The average Bonchev–Trinajstić information content (AvgIpc) is 2.89. The molecular weight excluding hydrogens is 326 g/mol. The highest BCUT2D eigenvalue weighted by molar-refractivity contribution is 7.21. The first-order chi connectivity index (χ1) is 11.5. The molecule has 6 nitrogen and oxygen atoms in total. The molecule has 3 heterocycles. The fourth-order valence-electron chi connectivity index (χ4n) is 3.03. The zero-order chi connectivity index (χ0) is 17.0. The monoisotopic (exact) mass is 339 g/mol. The van der Waals surface area contributed by atoms with E-state index in [0.29, 0.717) is 21.6 Å². The van der Waals surface area contributed by atoms with Crippen molar-refractivity contribution in [3.63, 3.8) is 0 Å². The predicted octanol–water partition coefficient (Wildman–Crippen LogP) is 4.29. The Morgan fingerprint density at radius 3 is 2.75 bits per heavy atom. The fourth-order valence-corrected chi connectivity index (χ4v) is 3.99. The van der Waals surface area contributed by atoms with Crippen LogP contribution in [0.4, 0.5) is 21.9 Å². The summed E-state index contributed by atoms with van der Waals surface area (Å²) >= 11 is 1.06. The summed E-state index contributed by atoms with van der Waals surface area (Å²) in [7, 11) is 0. The molecule has 2 amide bonds. The van der Waals surface area contributed by atoms with Gasteiger partial charge in [-0.1, -0.05) is 17.7 Å². The van der Waals surface area contributed by atoms with E-state index < -0.39 is 5.97 Å². The minimum Gasteiger partial charge on any atom is -0.477 e. The molecular formula is C17H13N3O3S. The van der Waals surface area contributed by atoms with Gasteiger partial charge in [0.05, 0.1) is 22.4 Å². The molecule has 24 heavy (non-hydrogen) atoms. The SMILES string of the molecule is Cc1ccc(N2C(=O)Nc3c(C(=O)O)sc4nccc2c34)c(C)c1. The number of hydrogen-bond acceptors (Lipinski definition) is 4. The molecule has 0 unspecified atom stereocenters. The van der Waals surface area contributed by atoms with E-state index in [1.807, 2.05) is 32.0 Å². The maximum Gasteiger partial charge on any atom is 0.348 e. The number of aromatic nitrogens is 1. The van der Waals surface area contributed by atoms with Crippen LogP contribution in [-0.2, 0) is 0 Å². The first-order valence-corrected chi connectivity index (χ1v) is 8.12. The van der Waals surface area contributed by atoms with E-state index in [-0.39, 0.29) is 10.9 Å². The van der Waals surface area contributed by atoms with Crippen molar-refractivity contribution in [2.24, 2.45) is 0 Å². The molecule has 7 heteroatoms. The molecule has 120 valence electrons. The van der Waals surface area contributed by atoms with Gasteiger partial charge in [0.15, 0.2) is 0 Å². The summed E-state index contributed by atoms with van der Waals surface area (Å²) in [6, 6.07) is 7.21. The number of hydrogen-bond donors (Lipinski definition) is 2. The molecule has 3 aromatic rings. The van der Waals surface area contributed by atoms with Crippen molar-refractivity contribution in [1.29, 1.82) is 0 Å². The summed E-state index contributed by atoms with van der Waals surface area (Å²) in [5, 5.41) is 12.8. The lowest BCUT2D eigenvalue weighted by Gasteiger charge is -2.29. The number of amides is 2. The first kappa shape index (κ1) is 14.6. The van der Waals surface area contributed by atoms with Gasteiger partial charge in [0.1, 0.15) is 9.71 Å². The lowest BCUT2D eigenvalue weighted by Crippen LogP contribution is -2.34. The molecule has 0 bridgehead atoms. The number of rotatable bonds is 2. The van der Waals surface area contributed by atoms with E-state index in [9.17, 15) is 14.7 Å². The van der Waals surface area contributed by atoms with E-state index in [1.165, 1.54) is 0 Å². The van der Waals surface area contributed by atoms with Crippen molar-refractivity contribution in [3.8, 4) is 0 Å². The van der Waals surface area contributed by atoms with Crippen LogP contribution in [0.25, 0.3) is 10.2 Å². The number of nitrogens with zero attached hydrogens (tertiary/aromatic N) is 2. The number of nitrogens with one attached hydrogen (secondary N) is 1. The summed E-state index contributed by atoms with van der Waals surface area (Å²) in [6.45, 7) is 3.94. The number of aromatic carboxylic acids is 1. The van der Waals surface area contributed by atoms with Gasteiger partial charge < -0.3 is 10.4 Å². The highest BCUT2D eigenvalue weighted by Crippen LogP contribution is 2.46. The largest absolute Gasteiger partial charge is 0.477 e. The smallest absolute Gasteiger partial charge is 0.348 e. The van der Waals surface area contributed by atoms with Gasteiger partial charge in [-0.15, -0.1) is 11.3 Å². The van der Waals surface area contributed by atoms with Gasteiger partial charge in [-0.05, 0) is 31.5 Å². The molecule has 0 saturated carbocycles. The minimum absolute atomic E-state index is 0.0959. The van der Waals surface area contributed by atoms with Crippen LogP contribution in [0, 0.1) is 13.8 Å². The second-order valence-electron chi connectivity index (χ2n) is 5.68. The summed E-state index contributed by atoms with van der Waals surface area (Å²) in [5.41, 5.74) is 3.82. The molecule has 0 aliphatic carbocycles. The average molecular weight is 339 g/mol. The first-order valence-electron chi connectivity index (χ1n) is 7.30. The third-order valence-corrected chi connectivity index (χ3v) is 5.12. The van der Waals surface area contributed by atoms with Crippen molar-refractivity contribution < 1.29 is 14.7 Å². The van der Waals surface area contributed by atoms with Crippen LogP contribution >= 0.6 is 11.3 Å². The Morgan fingerprint density at radius 2 is 2.04 bits per heavy atom. The maximum absolute atomic E-state index is 12.7. The third kappa shape index (κ3) is 1.98. The van der Waals surface area contributed by atoms with Crippen molar-refractivity contribution in [3.05, 3.63) is 46.5 Å². The van der Waals surface area contributed by atoms with Gasteiger partial charge in [-0.3, -0.25) is 4.90 Å². The number of urea groups is 1. The molecule has 2 N–H and O–H groups in total. The van der Waals surface area contributed by atoms with Gasteiger partial charge in [0.2, 0.25) is 0 Å². The molecule has 0 fully saturated rings. The molecule has 1 aliphatic rings. The van der Waals surface area contributed by atoms with Crippen LogP contribution in [-0.4, -0.2) is 22.1 Å². The minimum atomic E-state index is -1.07. The predicted molar refractivity (Wildman–Crippen MR) is 93.7 cm³/mol. The number of anilines is 3. The van der Waals surface area contributed by atoms with Gasteiger partial charge in [0, 0.05) is 6.20 Å². The highest BCUT2D eigenvalue weighted by atomic mass is 32.1. The lowest BCUT2D eigenvalue weighted by molar-refractivity contribution is 0.0703. The summed E-state index contributed by atoms with van der Waals surface area (Å²) < 4.78 is 0. The lowest BCUT2D eigenvalue weighted by atomic mass is 10.1. The van der Waals surface area contributed by atoms with E-state index in [1.54, 1.807) is 17.2 Å². The highest BCUT2D eigenvalue weighted by Gasteiger charge is 2.32. The van der Waals surface area contributed by atoms with E-state index in [0.717, 1.165) is 28.2 Å². The normalized spacial score (nSPS) is 13.2. The van der Waals surface area contributed by atoms with Gasteiger partial charge in [-0.25, -0.2) is 14.6 Å². The van der Waals surface area contributed by atoms with Gasteiger partial charge in [0.25, 0.3) is 0 Å². The quantitative estimate of drug-likeness (QED) is 0.729. The molecule has 0 radical (unpaired) electrons.